The van der Waals surface area contributed by atoms with Crippen LogP contribution in [0.3, 0.4) is 0 Å². The summed E-state index contributed by atoms with van der Waals surface area (Å²) in [6, 6.07) is 7.04. The average molecular weight is 438 g/mol. The molecule has 1 fully saturated rings. The van der Waals surface area contributed by atoms with Crippen molar-refractivity contribution >= 4 is 23.5 Å². The summed E-state index contributed by atoms with van der Waals surface area (Å²) in [6.45, 7) is 7.16. The Balaban J connectivity index is 1.68. The maximum atomic E-state index is 13.0. The Bertz CT molecular complexity index is 1060. The van der Waals surface area contributed by atoms with Gasteiger partial charge < -0.3 is 19.1 Å². The first-order chi connectivity index (χ1) is 15.3. The highest BCUT2D eigenvalue weighted by Crippen LogP contribution is 2.21. The number of pyridine rings is 1. The second-order valence-corrected chi connectivity index (χ2v) is 7.55. The van der Waals surface area contributed by atoms with Crippen LogP contribution in [0.15, 0.2) is 30.0 Å². The Morgan fingerprint density at radius 2 is 2.03 bits per heavy atom. The Morgan fingerprint density at radius 1 is 1.31 bits per heavy atom. The van der Waals surface area contributed by atoms with Gasteiger partial charge in [0.2, 0.25) is 0 Å². The van der Waals surface area contributed by atoms with Gasteiger partial charge in [-0.05, 0) is 37.6 Å². The van der Waals surface area contributed by atoms with E-state index >= 15 is 0 Å². The largest absolute Gasteiger partial charge is 0.383 e. The number of rotatable bonds is 7. The summed E-state index contributed by atoms with van der Waals surface area (Å²) in [6.07, 6.45) is 2.88. The fourth-order valence-electron chi connectivity index (χ4n) is 3.78. The molecule has 10 heteroatoms. The van der Waals surface area contributed by atoms with E-state index in [1.165, 1.54) is 12.3 Å². The lowest BCUT2D eigenvalue weighted by Gasteiger charge is -2.35. The second kappa shape index (κ2) is 10.1. The highest BCUT2D eigenvalue weighted by Gasteiger charge is 2.25. The molecule has 0 radical (unpaired) electrons. The lowest BCUT2D eigenvalue weighted by Crippen LogP contribution is -2.49. The first-order valence-electron chi connectivity index (χ1n) is 10.3. The summed E-state index contributed by atoms with van der Waals surface area (Å²) < 4.78 is 7.26. The summed E-state index contributed by atoms with van der Waals surface area (Å²) in [5, 5.41) is 20.4. The number of carbonyl (C=O) groups is 1. The number of aromatic nitrogens is 2. The smallest absolute Gasteiger partial charge is 0.287 e. The molecule has 1 aliphatic rings. The predicted octanol–water partition coefficient (Wildman–Crippen LogP) is 2.31. The number of ether oxygens (including phenoxy) is 1. The zero-order valence-corrected chi connectivity index (χ0v) is 18.4. The van der Waals surface area contributed by atoms with Crippen LogP contribution in [0.2, 0.25) is 0 Å². The van der Waals surface area contributed by atoms with E-state index in [0.29, 0.717) is 45.1 Å². The minimum absolute atomic E-state index is 0.0621. The lowest BCUT2D eigenvalue weighted by molar-refractivity contribution is -0.385. The molecule has 0 unspecified atom stereocenters. The molecule has 2 aromatic rings. The lowest BCUT2D eigenvalue weighted by atomic mass is 10.1. The molecule has 0 aliphatic carbocycles. The number of amides is 1. The molecule has 0 saturated carbocycles. The van der Waals surface area contributed by atoms with Crippen LogP contribution in [0, 0.1) is 35.3 Å². The van der Waals surface area contributed by atoms with Gasteiger partial charge in [-0.25, -0.2) is 4.98 Å². The monoisotopic (exact) mass is 438 g/mol. The third-order valence-electron chi connectivity index (χ3n) is 5.62. The van der Waals surface area contributed by atoms with Crippen molar-refractivity contribution in [2.24, 2.45) is 0 Å². The molecule has 1 aliphatic heterocycles. The van der Waals surface area contributed by atoms with Crippen LogP contribution in [0.4, 0.5) is 11.5 Å². The molecule has 3 rings (SSSR count). The van der Waals surface area contributed by atoms with Gasteiger partial charge in [-0.15, -0.1) is 0 Å². The van der Waals surface area contributed by atoms with Crippen LogP contribution in [0.1, 0.15) is 17.0 Å². The molecular formula is C22H26N6O4. The molecule has 0 atom stereocenters. The van der Waals surface area contributed by atoms with Crippen LogP contribution in [0.25, 0.3) is 6.08 Å². The number of anilines is 1. The summed E-state index contributed by atoms with van der Waals surface area (Å²) >= 11 is 0. The molecule has 2 aromatic heterocycles. The van der Waals surface area contributed by atoms with E-state index in [2.05, 4.69) is 15.6 Å². The highest BCUT2D eigenvalue weighted by atomic mass is 16.6. The van der Waals surface area contributed by atoms with Crippen LogP contribution >= 0.6 is 0 Å². The number of nitrogens with zero attached hydrogens (tertiary/aromatic N) is 6. The first-order valence-corrected chi connectivity index (χ1v) is 10.3. The molecule has 0 N–H and O–H groups in total. The van der Waals surface area contributed by atoms with Crippen molar-refractivity contribution in [3.05, 3.63) is 57.0 Å². The molecule has 1 saturated heterocycles. The van der Waals surface area contributed by atoms with Gasteiger partial charge in [0.1, 0.15) is 23.7 Å². The van der Waals surface area contributed by atoms with Crippen LogP contribution < -0.4 is 4.90 Å². The van der Waals surface area contributed by atoms with Gasteiger partial charge in [-0.3, -0.25) is 14.9 Å². The van der Waals surface area contributed by atoms with Crippen molar-refractivity contribution in [1.82, 2.24) is 14.5 Å². The van der Waals surface area contributed by atoms with Gasteiger partial charge in [0, 0.05) is 57.3 Å². The molecule has 0 bridgehead atoms. The van der Waals surface area contributed by atoms with Crippen molar-refractivity contribution in [2.45, 2.75) is 20.4 Å². The summed E-state index contributed by atoms with van der Waals surface area (Å²) in [5.74, 6) is 0.327. The molecule has 32 heavy (non-hydrogen) atoms. The molecule has 1 amide bonds. The van der Waals surface area contributed by atoms with Crippen LogP contribution in [-0.4, -0.2) is 65.2 Å². The summed E-state index contributed by atoms with van der Waals surface area (Å²) in [5.41, 5.74) is 2.90. The normalized spacial score (nSPS) is 14.4. The molecule has 168 valence electrons. The second-order valence-electron chi connectivity index (χ2n) is 7.55. The molecular weight excluding hydrogens is 412 g/mol. The fourth-order valence-corrected chi connectivity index (χ4v) is 3.78. The Hall–Kier alpha value is -3.71. The molecule has 3 heterocycles. The quantitative estimate of drug-likeness (QED) is 0.282. The fraction of sp³-hybridized carbons (Fsp3) is 0.409. The number of piperazine rings is 1. The highest BCUT2D eigenvalue weighted by molar-refractivity contribution is 6.02. The zero-order chi connectivity index (χ0) is 23.3. The number of nitro groups is 1. The Labute approximate surface area is 186 Å². The van der Waals surface area contributed by atoms with Gasteiger partial charge in [0.25, 0.3) is 11.6 Å². The van der Waals surface area contributed by atoms with Crippen LogP contribution in [-0.2, 0) is 16.1 Å². The number of hydrogen-bond donors (Lipinski definition) is 0. The van der Waals surface area contributed by atoms with E-state index in [4.69, 9.17) is 4.74 Å². The topological polar surface area (TPSA) is 118 Å². The van der Waals surface area contributed by atoms with Crippen molar-refractivity contribution in [2.75, 3.05) is 44.8 Å². The average Bonchev–Trinajstić information content (AvgIpc) is 3.07. The number of methoxy groups -OCH3 is 1. The maximum absolute atomic E-state index is 13.0. The standard InChI is InChI=1S/C22H26N6O4/c1-16-12-18(17(2)27(16)10-11-32-3)13-19(14-23)22(29)26-8-6-25(7-9-26)21-5-4-20(15-24-21)28(30)31/h4-5,12-13,15H,6-11H2,1-3H3/b19-13-. The minimum Gasteiger partial charge on any atom is -0.383 e. The molecule has 0 spiro atoms. The molecule has 0 aromatic carbocycles. The van der Waals surface area contributed by atoms with Crippen molar-refractivity contribution in [3.8, 4) is 6.07 Å². The maximum Gasteiger partial charge on any atom is 0.287 e. The van der Waals surface area contributed by atoms with E-state index in [-0.39, 0.29) is 17.2 Å². The van der Waals surface area contributed by atoms with Gasteiger partial charge in [-0.2, -0.15) is 5.26 Å². The van der Waals surface area contributed by atoms with E-state index in [1.807, 2.05) is 24.8 Å². The SMILES string of the molecule is COCCn1c(C)cc(/C=C(/C#N)C(=O)N2CCN(c3ccc([N+](=O)[O-])cn3)CC2)c1C. The summed E-state index contributed by atoms with van der Waals surface area (Å²) in [4.78, 5) is 31.0. The first kappa shape index (κ1) is 23.0. The van der Waals surface area contributed by atoms with Crippen molar-refractivity contribution in [1.29, 1.82) is 5.26 Å². The van der Waals surface area contributed by atoms with Crippen LogP contribution in [0.5, 0.6) is 0 Å². The summed E-state index contributed by atoms with van der Waals surface area (Å²) in [7, 11) is 1.65. The third kappa shape index (κ3) is 4.95. The number of aryl methyl sites for hydroxylation is 1. The predicted molar refractivity (Wildman–Crippen MR) is 119 cm³/mol. The van der Waals surface area contributed by atoms with E-state index in [9.17, 15) is 20.2 Å². The Morgan fingerprint density at radius 3 is 2.59 bits per heavy atom. The number of nitriles is 1. The Kier molecular flexibility index (Phi) is 7.22. The number of hydrogen-bond acceptors (Lipinski definition) is 7. The van der Waals surface area contributed by atoms with Crippen molar-refractivity contribution in [3.63, 3.8) is 0 Å². The third-order valence-corrected chi connectivity index (χ3v) is 5.62. The van der Waals surface area contributed by atoms with Gasteiger partial charge in [0.15, 0.2) is 0 Å². The van der Waals surface area contributed by atoms with E-state index in [1.54, 1.807) is 24.2 Å². The van der Waals surface area contributed by atoms with E-state index < -0.39 is 4.92 Å². The van der Waals surface area contributed by atoms with Gasteiger partial charge in [0.05, 0.1) is 11.5 Å². The molecule has 10 nitrogen and oxygen atoms in total. The van der Waals surface area contributed by atoms with E-state index in [0.717, 1.165) is 17.0 Å². The zero-order valence-electron chi connectivity index (χ0n) is 18.4. The van der Waals surface area contributed by atoms with Gasteiger partial charge in [-0.1, -0.05) is 0 Å². The number of carbonyl (C=O) groups excluding carboxylic acids is 1. The van der Waals surface area contributed by atoms with Crippen molar-refractivity contribution < 1.29 is 14.5 Å². The minimum atomic E-state index is -0.488. The van der Waals surface area contributed by atoms with Gasteiger partial charge >= 0.3 is 0 Å².